The summed E-state index contributed by atoms with van der Waals surface area (Å²) in [7, 11) is 2.17. The monoisotopic (exact) mass is 281 g/mol. The van der Waals surface area contributed by atoms with Crippen molar-refractivity contribution in [2.24, 2.45) is 0 Å². The van der Waals surface area contributed by atoms with Gasteiger partial charge in [-0.3, -0.25) is 9.69 Å². The maximum atomic E-state index is 12.5. The summed E-state index contributed by atoms with van der Waals surface area (Å²) in [5.41, 5.74) is 0. The van der Waals surface area contributed by atoms with Crippen LogP contribution in [0.15, 0.2) is 0 Å². The molecule has 3 aliphatic heterocycles. The van der Waals surface area contributed by atoms with E-state index in [2.05, 4.69) is 21.7 Å². The Bertz CT molecular complexity index is 336. The van der Waals surface area contributed by atoms with E-state index < -0.39 is 0 Å². The van der Waals surface area contributed by atoms with E-state index in [1.807, 2.05) is 0 Å². The van der Waals surface area contributed by atoms with Gasteiger partial charge in [0.05, 0.1) is 13.2 Å². The molecule has 3 fully saturated rings. The molecule has 20 heavy (non-hydrogen) atoms. The number of morpholine rings is 1. The normalized spacial score (nSPS) is 31.8. The van der Waals surface area contributed by atoms with E-state index in [9.17, 15) is 4.79 Å². The highest BCUT2D eigenvalue weighted by atomic mass is 16.5. The maximum absolute atomic E-state index is 12.5. The standard InChI is InChI=1S/C15H27N3O2/c1-16-5-2-13(3-6-16)18-7-4-14(12-15(18)19)17-8-10-20-11-9-17/h13-14H,2-12H2,1H3/t14-/m0/s1. The minimum atomic E-state index is 0.377. The molecule has 0 aromatic heterocycles. The average molecular weight is 281 g/mol. The minimum absolute atomic E-state index is 0.377. The van der Waals surface area contributed by atoms with E-state index in [0.29, 0.717) is 24.4 Å². The second-order valence-corrected chi connectivity index (χ2v) is 6.42. The molecule has 0 aromatic rings. The molecule has 3 heterocycles. The van der Waals surface area contributed by atoms with Crippen molar-refractivity contribution in [2.45, 2.75) is 37.8 Å². The third-order valence-corrected chi connectivity index (χ3v) is 5.12. The van der Waals surface area contributed by atoms with Gasteiger partial charge in [-0.2, -0.15) is 0 Å². The van der Waals surface area contributed by atoms with E-state index >= 15 is 0 Å². The van der Waals surface area contributed by atoms with Gasteiger partial charge in [-0.15, -0.1) is 0 Å². The smallest absolute Gasteiger partial charge is 0.224 e. The molecule has 5 nitrogen and oxygen atoms in total. The van der Waals surface area contributed by atoms with E-state index in [-0.39, 0.29) is 0 Å². The topological polar surface area (TPSA) is 36.0 Å². The lowest BCUT2D eigenvalue weighted by Crippen LogP contribution is -2.54. The summed E-state index contributed by atoms with van der Waals surface area (Å²) >= 11 is 0. The van der Waals surface area contributed by atoms with Crippen molar-refractivity contribution in [1.82, 2.24) is 14.7 Å². The van der Waals surface area contributed by atoms with Crippen molar-refractivity contribution >= 4 is 5.91 Å². The van der Waals surface area contributed by atoms with Crippen LogP contribution in [0, 0.1) is 0 Å². The zero-order valence-corrected chi connectivity index (χ0v) is 12.6. The third kappa shape index (κ3) is 3.15. The Labute approximate surface area is 121 Å². The number of carbonyl (C=O) groups excluding carboxylic acids is 1. The number of nitrogens with zero attached hydrogens (tertiary/aromatic N) is 3. The van der Waals surface area contributed by atoms with Crippen LogP contribution in [0.1, 0.15) is 25.7 Å². The Kier molecular flexibility index (Phi) is 4.58. The highest BCUT2D eigenvalue weighted by molar-refractivity contribution is 5.78. The van der Waals surface area contributed by atoms with Crippen molar-refractivity contribution in [2.75, 3.05) is 53.0 Å². The number of ether oxygens (including phenoxy) is 1. The molecule has 0 unspecified atom stereocenters. The summed E-state index contributed by atoms with van der Waals surface area (Å²) < 4.78 is 5.40. The fourth-order valence-electron chi connectivity index (χ4n) is 3.78. The minimum Gasteiger partial charge on any atom is -0.379 e. The largest absolute Gasteiger partial charge is 0.379 e. The molecule has 1 amide bonds. The first-order chi connectivity index (χ1) is 9.74. The predicted molar refractivity (Wildman–Crippen MR) is 77.6 cm³/mol. The predicted octanol–water partition coefficient (Wildman–Crippen LogP) is 0.404. The molecule has 1 atom stereocenters. The number of rotatable bonds is 2. The first-order valence-corrected chi connectivity index (χ1v) is 8.04. The summed E-state index contributed by atoms with van der Waals surface area (Å²) in [6.07, 6.45) is 4.14. The Morgan fingerprint density at radius 2 is 1.60 bits per heavy atom. The van der Waals surface area contributed by atoms with Gasteiger partial charge in [-0.05, 0) is 39.4 Å². The van der Waals surface area contributed by atoms with Gasteiger partial charge in [0.1, 0.15) is 0 Å². The van der Waals surface area contributed by atoms with E-state index in [1.54, 1.807) is 0 Å². The van der Waals surface area contributed by atoms with Gasteiger partial charge in [-0.25, -0.2) is 0 Å². The van der Waals surface area contributed by atoms with Crippen LogP contribution < -0.4 is 0 Å². The van der Waals surface area contributed by atoms with Crippen molar-refractivity contribution in [1.29, 1.82) is 0 Å². The molecule has 0 bridgehead atoms. The fourth-order valence-corrected chi connectivity index (χ4v) is 3.78. The Balaban J connectivity index is 1.52. The van der Waals surface area contributed by atoms with E-state index in [1.165, 1.54) is 0 Å². The van der Waals surface area contributed by atoms with Gasteiger partial charge in [0.15, 0.2) is 0 Å². The van der Waals surface area contributed by atoms with Crippen LogP contribution in [0.2, 0.25) is 0 Å². The Morgan fingerprint density at radius 3 is 2.25 bits per heavy atom. The molecule has 0 saturated carbocycles. The van der Waals surface area contributed by atoms with Gasteiger partial charge in [0, 0.05) is 38.1 Å². The zero-order chi connectivity index (χ0) is 13.9. The molecule has 0 radical (unpaired) electrons. The highest BCUT2D eigenvalue weighted by Crippen LogP contribution is 2.24. The number of hydrogen-bond donors (Lipinski definition) is 0. The van der Waals surface area contributed by atoms with Crippen LogP contribution >= 0.6 is 0 Å². The zero-order valence-electron chi connectivity index (χ0n) is 12.6. The number of piperidine rings is 2. The Hall–Kier alpha value is -0.650. The third-order valence-electron chi connectivity index (χ3n) is 5.12. The summed E-state index contributed by atoms with van der Waals surface area (Å²) in [5.74, 6) is 0.377. The van der Waals surface area contributed by atoms with E-state index in [0.717, 1.165) is 65.2 Å². The van der Waals surface area contributed by atoms with Gasteiger partial charge in [0.25, 0.3) is 0 Å². The maximum Gasteiger partial charge on any atom is 0.224 e. The molecule has 0 aliphatic carbocycles. The second-order valence-electron chi connectivity index (χ2n) is 6.42. The number of likely N-dealkylation sites (tertiary alicyclic amines) is 2. The van der Waals surface area contributed by atoms with Crippen molar-refractivity contribution < 1.29 is 9.53 Å². The van der Waals surface area contributed by atoms with Gasteiger partial charge >= 0.3 is 0 Å². The van der Waals surface area contributed by atoms with Crippen molar-refractivity contribution in [3.8, 4) is 0 Å². The number of amides is 1. The van der Waals surface area contributed by atoms with Crippen molar-refractivity contribution in [3.05, 3.63) is 0 Å². The molecule has 0 spiro atoms. The molecule has 3 saturated heterocycles. The summed E-state index contributed by atoms with van der Waals surface area (Å²) in [5, 5.41) is 0. The highest BCUT2D eigenvalue weighted by Gasteiger charge is 2.34. The molecule has 0 aromatic carbocycles. The fraction of sp³-hybridized carbons (Fsp3) is 0.933. The summed E-state index contributed by atoms with van der Waals surface area (Å²) in [4.78, 5) is 19.5. The van der Waals surface area contributed by atoms with Gasteiger partial charge < -0.3 is 14.5 Å². The van der Waals surface area contributed by atoms with Crippen LogP contribution in [0.5, 0.6) is 0 Å². The van der Waals surface area contributed by atoms with Crippen LogP contribution in [0.25, 0.3) is 0 Å². The molecule has 114 valence electrons. The lowest BCUT2D eigenvalue weighted by molar-refractivity contribution is -0.140. The van der Waals surface area contributed by atoms with Gasteiger partial charge in [0.2, 0.25) is 5.91 Å². The molecule has 0 N–H and O–H groups in total. The lowest BCUT2D eigenvalue weighted by atomic mass is 9.96. The van der Waals surface area contributed by atoms with Gasteiger partial charge in [-0.1, -0.05) is 0 Å². The molecular formula is C15H27N3O2. The van der Waals surface area contributed by atoms with E-state index in [4.69, 9.17) is 4.74 Å². The van der Waals surface area contributed by atoms with Crippen molar-refractivity contribution in [3.63, 3.8) is 0 Å². The quantitative estimate of drug-likeness (QED) is 0.734. The summed E-state index contributed by atoms with van der Waals surface area (Å²) in [6.45, 7) is 6.84. The molecular weight excluding hydrogens is 254 g/mol. The van der Waals surface area contributed by atoms with Crippen LogP contribution in [-0.4, -0.2) is 85.7 Å². The lowest BCUT2D eigenvalue weighted by Gasteiger charge is -2.44. The van der Waals surface area contributed by atoms with Crippen LogP contribution in [0.3, 0.4) is 0 Å². The van der Waals surface area contributed by atoms with Crippen LogP contribution in [-0.2, 0) is 9.53 Å². The molecule has 5 heteroatoms. The molecule has 3 aliphatic rings. The van der Waals surface area contributed by atoms with Crippen LogP contribution in [0.4, 0.5) is 0 Å². The Morgan fingerprint density at radius 1 is 0.950 bits per heavy atom. The second kappa shape index (κ2) is 6.41. The first-order valence-electron chi connectivity index (χ1n) is 8.04. The first kappa shape index (κ1) is 14.3. The summed E-state index contributed by atoms with van der Waals surface area (Å²) in [6, 6.07) is 0.943. The number of hydrogen-bond acceptors (Lipinski definition) is 4. The average Bonchev–Trinajstić information content (AvgIpc) is 2.49. The molecule has 3 rings (SSSR count). The number of carbonyl (C=O) groups is 1. The SMILES string of the molecule is CN1CCC(N2CC[C@H](N3CCOCC3)CC2=O)CC1.